The molecule has 2 aromatic rings. The number of hydrogen-bond acceptors (Lipinski definition) is 7. The third-order valence-corrected chi connectivity index (χ3v) is 6.62. The Morgan fingerprint density at radius 3 is 2.47 bits per heavy atom. The van der Waals surface area contributed by atoms with Gasteiger partial charge in [-0.15, -0.1) is 0 Å². The molecule has 0 N–H and O–H groups in total. The molecule has 2 fully saturated rings. The second kappa shape index (κ2) is 7.93. The van der Waals surface area contributed by atoms with E-state index in [4.69, 9.17) is 11.6 Å². The van der Waals surface area contributed by atoms with Crippen LogP contribution in [0.1, 0.15) is 10.4 Å². The number of amides is 2. The van der Waals surface area contributed by atoms with Crippen LogP contribution in [0.4, 0.5) is 11.4 Å². The first kappa shape index (κ1) is 21.6. The predicted molar refractivity (Wildman–Crippen MR) is 121 cm³/mol. The normalized spacial score (nSPS) is 25.0. The van der Waals surface area contributed by atoms with Crippen molar-refractivity contribution >= 4 is 40.6 Å². The molecule has 168 valence electrons. The molecule has 0 radical (unpaired) electrons. The third kappa shape index (κ3) is 3.19. The number of benzene rings is 2. The van der Waals surface area contributed by atoms with Crippen LogP contribution in [0.15, 0.2) is 72.5 Å². The maximum absolute atomic E-state index is 13.6. The highest BCUT2D eigenvalue weighted by Gasteiger charge is 2.63. The Bertz CT molecular complexity index is 1360. The number of hydrogen-bond donors (Lipinski definition) is 0. The highest BCUT2D eigenvalue weighted by Crippen LogP contribution is 2.47. The molecular formula is C24H15ClN4O5. The van der Waals surface area contributed by atoms with Crippen LogP contribution < -0.4 is 4.90 Å². The number of ketones is 1. The fourth-order valence-electron chi connectivity index (χ4n) is 4.91. The summed E-state index contributed by atoms with van der Waals surface area (Å²) in [5, 5.41) is 21.0. The van der Waals surface area contributed by atoms with E-state index >= 15 is 0 Å². The summed E-state index contributed by atoms with van der Waals surface area (Å²) in [5.74, 6) is -3.47. The summed E-state index contributed by atoms with van der Waals surface area (Å²) in [6.45, 7) is 0. The van der Waals surface area contributed by atoms with Crippen molar-refractivity contribution in [3.63, 3.8) is 0 Å². The number of allylic oxidation sites excluding steroid dienone is 2. The molecule has 2 aromatic carbocycles. The van der Waals surface area contributed by atoms with Gasteiger partial charge >= 0.3 is 0 Å². The minimum Gasteiger partial charge on any atom is -0.359 e. The molecule has 0 aromatic heterocycles. The lowest BCUT2D eigenvalue weighted by molar-refractivity contribution is -0.384. The molecule has 9 nitrogen and oxygen atoms in total. The second-order valence-corrected chi connectivity index (χ2v) is 8.58. The maximum Gasteiger partial charge on any atom is 0.270 e. The molecule has 0 spiro atoms. The average Bonchev–Trinajstić information content (AvgIpc) is 3.31. The van der Waals surface area contributed by atoms with Gasteiger partial charge in [-0.05, 0) is 36.4 Å². The Morgan fingerprint density at radius 1 is 1.09 bits per heavy atom. The van der Waals surface area contributed by atoms with Crippen molar-refractivity contribution in [2.75, 3.05) is 4.90 Å². The summed E-state index contributed by atoms with van der Waals surface area (Å²) in [6, 6.07) is 11.8. The van der Waals surface area contributed by atoms with Crippen LogP contribution >= 0.6 is 11.6 Å². The van der Waals surface area contributed by atoms with Crippen molar-refractivity contribution in [2.24, 2.45) is 11.8 Å². The first-order valence-electron chi connectivity index (χ1n) is 10.3. The summed E-state index contributed by atoms with van der Waals surface area (Å²) in [4.78, 5) is 54.0. The lowest BCUT2D eigenvalue weighted by Crippen LogP contribution is -2.46. The largest absolute Gasteiger partial charge is 0.359 e. The van der Waals surface area contributed by atoms with Gasteiger partial charge in [-0.25, -0.2) is 4.90 Å². The number of Topliss-reactive ketones (excluding diaryl/α,β-unsaturated/α-hetero) is 1. The summed E-state index contributed by atoms with van der Waals surface area (Å²) >= 11 is 5.94. The van der Waals surface area contributed by atoms with E-state index in [0.717, 1.165) is 11.0 Å². The van der Waals surface area contributed by atoms with Crippen LogP contribution in [0.2, 0.25) is 5.02 Å². The van der Waals surface area contributed by atoms with Crippen LogP contribution in [0.5, 0.6) is 0 Å². The molecule has 3 aliphatic heterocycles. The Labute approximate surface area is 198 Å². The van der Waals surface area contributed by atoms with Gasteiger partial charge in [0.25, 0.3) is 5.69 Å². The Hall–Kier alpha value is -4.29. The van der Waals surface area contributed by atoms with Gasteiger partial charge in [0, 0.05) is 28.9 Å². The fourth-order valence-corrected chi connectivity index (χ4v) is 5.04. The predicted octanol–water partition coefficient (Wildman–Crippen LogP) is 3.27. The van der Waals surface area contributed by atoms with Crippen molar-refractivity contribution in [1.82, 2.24) is 4.90 Å². The molecule has 10 heteroatoms. The molecule has 34 heavy (non-hydrogen) atoms. The van der Waals surface area contributed by atoms with Gasteiger partial charge in [0.15, 0.2) is 5.78 Å². The number of anilines is 1. The van der Waals surface area contributed by atoms with Crippen LogP contribution in [-0.2, 0) is 9.59 Å². The van der Waals surface area contributed by atoms with E-state index in [9.17, 15) is 29.8 Å². The van der Waals surface area contributed by atoms with Crippen molar-refractivity contribution in [3.8, 4) is 6.07 Å². The van der Waals surface area contributed by atoms with E-state index in [1.54, 1.807) is 35.2 Å². The Kier molecular flexibility index (Phi) is 5.03. The second-order valence-electron chi connectivity index (χ2n) is 8.14. The smallest absolute Gasteiger partial charge is 0.270 e. The zero-order chi connectivity index (χ0) is 24.1. The molecule has 3 aliphatic rings. The number of carbonyl (C=O) groups excluding carboxylic acids is 3. The quantitative estimate of drug-likeness (QED) is 0.288. The summed E-state index contributed by atoms with van der Waals surface area (Å²) in [7, 11) is 0. The van der Waals surface area contributed by atoms with E-state index in [-0.39, 0.29) is 11.3 Å². The van der Waals surface area contributed by atoms with Crippen molar-refractivity contribution in [2.45, 2.75) is 12.1 Å². The van der Waals surface area contributed by atoms with Gasteiger partial charge < -0.3 is 4.90 Å². The highest BCUT2D eigenvalue weighted by molar-refractivity contribution is 6.31. The van der Waals surface area contributed by atoms with E-state index in [2.05, 4.69) is 0 Å². The van der Waals surface area contributed by atoms with Crippen molar-refractivity contribution in [3.05, 3.63) is 93.2 Å². The van der Waals surface area contributed by atoms with E-state index in [1.165, 1.54) is 30.5 Å². The van der Waals surface area contributed by atoms with Crippen LogP contribution in [0, 0.1) is 33.3 Å². The Morgan fingerprint density at radius 2 is 1.79 bits per heavy atom. The number of fused-ring (bicyclic) bond motifs is 3. The van der Waals surface area contributed by atoms with Gasteiger partial charge in [0.2, 0.25) is 11.8 Å². The molecular weight excluding hydrogens is 460 g/mol. The fraction of sp³-hybridized carbons (Fsp3) is 0.167. The molecule has 0 bridgehead atoms. The number of non-ortho nitro benzene ring substituents is 1. The van der Waals surface area contributed by atoms with Crippen molar-refractivity contribution < 1.29 is 19.3 Å². The molecule has 0 unspecified atom stereocenters. The van der Waals surface area contributed by atoms with Gasteiger partial charge in [0.1, 0.15) is 6.04 Å². The van der Waals surface area contributed by atoms with Crippen LogP contribution in [-0.4, -0.2) is 39.5 Å². The SMILES string of the molecule is N#CC1=C[C@@H]2[C@@H]3C(=O)N(c4ccc(Cl)cc4)C(=O)[C@@H]3[C@@H](C(=O)c3cccc([N+](=O)[O-])c3)N2C=C1. The standard InChI is InChI=1S/C24H15ClN4O5/c25-15-4-6-16(7-5-15)28-23(31)19-18-10-13(12-26)8-9-27(18)21(20(19)24(28)32)22(30)14-2-1-3-17(11-14)29(33)34/h1-11,18-21H/t18-,19+,20+,21+/m1/s1. The van der Waals surface area contributed by atoms with E-state index in [0.29, 0.717) is 16.3 Å². The number of nitro groups is 1. The zero-order valence-electron chi connectivity index (χ0n) is 17.4. The molecule has 2 amide bonds. The minimum atomic E-state index is -1.07. The van der Waals surface area contributed by atoms with Gasteiger partial charge in [-0.1, -0.05) is 23.7 Å². The van der Waals surface area contributed by atoms with Gasteiger partial charge in [-0.3, -0.25) is 24.5 Å². The zero-order valence-corrected chi connectivity index (χ0v) is 18.1. The lowest BCUT2D eigenvalue weighted by Gasteiger charge is -2.32. The Balaban J connectivity index is 1.60. The van der Waals surface area contributed by atoms with Crippen LogP contribution in [0.3, 0.4) is 0 Å². The monoisotopic (exact) mass is 474 g/mol. The number of nitriles is 1. The average molecular weight is 475 g/mol. The minimum absolute atomic E-state index is 0.0623. The number of nitro benzene ring substituents is 1. The molecule has 0 saturated carbocycles. The summed E-state index contributed by atoms with van der Waals surface area (Å²) < 4.78 is 0. The maximum atomic E-state index is 13.6. The molecule has 0 aliphatic carbocycles. The highest BCUT2D eigenvalue weighted by atomic mass is 35.5. The van der Waals surface area contributed by atoms with Crippen LogP contribution in [0.25, 0.3) is 0 Å². The molecule has 4 atom stereocenters. The molecule has 2 saturated heterocycles. The van der Waals surface area contributed by atoms with E-state index < -0.39 is 46.4 Å². The number of rotatable bonds is 4. The first-order chi connectivity index (χ1) is 16.3. The number of halogens is 1. The number of carbonyl (C=O) groups is 3. The number of nitrogens with zero attached hydrogens (tertiary/aromatic N) is 4. The van der Waals surface area contributed by atoms with Crippen molar-refractivity contribution in [1.29, 1.82) is 5.26 Å². The van der Waals surface area contributed by atoms with Gasteiger partial charge in [-0.2, -0.15) is 5.26 Å². The topological polar surface area (TPSA) is 125 Å². The molecule has 5 rings (SSSR count). The number of imide groups is 1. The van der Waals surface area contributed by atoms with E-state index in [1.807, 2.05) is 6.07 Å². The lowest BCUT2D eigenvalue weighted by atomic mass is 9.86. The summed E-state index contributed by atoms with van der Waals surface area (Å²) in [6.07, 6.45) is 4.63. The third-order valence-electron chi connectivity index (χ3n) is 6.37. The summed E-state index contributed by atoms with van der Waals surface area (Å²) in [5.41, 5.74) is 0.452. The van der Waals surface area contributed by atoms with Gasteiger partial charge in [0.05, 0.1) is 40.1 Å². The first-order valence-corrected chi connectivity index (χ1v) is 10.7. The molecule has 3 heterocycles.